The van der Waals surface area contributed by atoms with Gasteiger partial charge in [0.15, 0.2) is 0 Å². The van der Waals surface area contributed by atoms with Crippen molar-refractivity contribution in [2.24, 2.45) is 0 Å². The minimum absolute atomic E-state index is 0.0183. The Bertz CT molecular complexity index is 478. The van der Waals surface area contributed by atoms with Crippen LogP contribution in [0.25, 0.3) is 0 Å². The highest BCUT2D eigenvalue weighted by atomic mass is 16.6. The zero-order valence-electron chi connectivity index (χ0n) is 12.2. The molecule has 7 nitrogen and oxygen atoms in total. The molecule has 1 aliphatic rings. The number of hydrogen-bond donors (Lipinski definition) is 0. The van der Waals surface area contributed by atoms with Crippen LogP contribution in [0, 0.1) is 10.1 Å². The zero-order valence-corrected chi connectivity index (χ0v) is 12.2. The Balaban J connectivity index is 2.02. The molecule has 1 aliphatic heterocycles. The Labute approximate surface area is 123 Å². The molecular formula is C14H20N2O5. The Morgan fingerprint density at radius 2 is 2.14 bits per heavy atom. The molecule has 0 radical (unpaired) electrons. The number of amides is 1. The highest BCUT2D eigenvalue weighted by Gasteiger charge is 2.30. The second kappa shape index (κ2) is 6.71. The van der Waals surface area contributed by atoms with Gasteiger partial charge in [0.2, 0.25) is 12.5 Å². The fourth-order valence-corrected chi connectivity index (χ4v) is 2.68. The topological polar surface area (TPSA) is 85.8 Å². The van der Waals surface area contributed by atoms with E-state index in [9.17, 15) is 14.9 Å². The monoisotopic (exact) mass is 296 g/mol. The van der Waals surface area contributed by atoms with E-state index in [0.717, 1.165) is 0 Å². The molecule has 1 fully saturated rings. The highest BCUT2D eigenvalue weighted by Crippen LogP contribution is 2.23. The molecule has 2 heterocycles. The number of hydrogen-bond acceptors (Lipinski definition) is 5. The van der Waals surface area contributed by atoms with Crippen molar-refractivity contribution in [3.05, 3.63) is 34.3 Å². The molecule has 2 rings (SSSR count). The van der Waals surface area contributed by atoms with Gasteiger partial charge in [0, 0.05) is 24.4 Å². The number of carbonyl (C=O) groups is 1. The van der Waals surface area contributed by atoms with Crippen molar-refractivity contribution in [1.29, 1.82) is 0 Å². The molecule has 1 unspecified atom stereocenters. The number of furan rings is 1. The molecule has 0 saturated carbocycles. The van der Waals surface area contributed by atoms with E-state index in [1.165, 1.54) is 6.26 Å². The minimum Gasteiger partial charge on any atom is -0.469 e. The molecule has 1 saturated heterocycles. The van der Waals surface area contributed by atoms with Crippen molar-refractivity contribution in [2.75, 3.05) is 19.6 Å². The van der Waals surface area contributed by atoms with Crippen LogP contribution in [0.3, 0.4) is 0 Å². The summed E-state index contributed by atoms with van der Waals surface area (Å²) in [6, 6.07) is 3.34. The van der Waals surface area contributed by atoms with Gasteiger partial charge < -0.3 is 14.1 Å². The van der Waals surface area contributed by atoms with Gasteiger partial charge in [0.25, 0.3) is 0 Å². The van der Waals surface area contributed by atoms with Gasteiger partial charge in [-0.25, -0.2) is 0 Å². The Kier molecular flexibility index (Phi) is 4.95. The van der Waals surface area contributed by atoms with Crippen LogP contribution in [-0.2, 0) is 9.53 Å². The summed E-state index contributed by atoms with van der Waals surface area (Å²) in [5, 5.41) is 10.8. The maximum atomic E-state index is 12.4. The zero-order chi connectivity index (χ0) is 15.4. The van der Waals surface area contributed by atoms with Crippen molar-refractivity contribution >= 4 is 5.91 Å². The van der Waals surface area contributed by atoms with Gasteiger partial charge in [-0.1, -0.05) is 0 Å². The van der Waals surface area contributed by atoms with Crippen LogP contribution in [0.4, 0.5) is 0 Å². The maximum absolute atomic E-state index is 12.4. The standard InChI is InChI=1S/C14H20N2O5/c1-10-7-15(8-11(2)21-10)14(17)6-12(9-16(18)19)13-4-3-5-20-13/h3-5,10-12H,6-9H2,1-2H3/t10-,11-,12?/m1/s1. The second-order valence-corrected chi connectivity index (χ2v) is 5.49. The average Bonchev–Trinajstić information content (AvgIpc) is 2.89. The molecule has 0 N–H and O–H groups in total. The van der Waals surface area contributed by atoms with Crippen LogP contribution in [0.2, 0.25) is 0 Å². The Morgan fingerprint density at radius 1 is 1.48 bits per heavy atom. The summed E-state index contributed by atoms with van der Waals surface area (Å²) < 4.78 is 10.8. The van der Waals surface area contributed by atoms with E-state index in [1.807, 2.05) is 13.8 Å². The maximum Gasteiger partial charge on any atom is 0.223 e. The fourth-order valence-electron chi connectivity index (χ4n) is 2.68. The number of nitro groups is 1. The van der Waals surface area contributed by atoms with Gasteiger partial charge in [-0.2, -0.15) is 0 Å². The molecule has 1 amide bonds. The molecule has 7 heteroatoms. The van der Waals surface area contributed by atoms with Crippen molar-refractivity contribution in [2.45, 2.75) is 38.4 Å². The first kappa shape index (κ1) is 15.5. The lowest BCUT2D eigenvalue weighted by atomic mass is 10.0. The van der Waals surface area contributed by atoms with Gasteiger partial charge in [0.05, 0.1) is 24.4 Å². The van der Waals surface area contributed by atoms with Crippen molar-refractivity contribution in [1.82, 2.24) is 4.90 Å². The number of carbonyl (C=O) groups excluding carboxylic acids is 1. The molecule has 0 bridgehead atoms. The summed E-state index contributed by atoms with van der Waals surface area (Å²) in [6.45, 7) is 4.56. The molecule has 1 aromatic heterocycles. The third-order valence-electron chi connectivity index (χ3n) is 3.51. The van der Waals surface area contributed by atoms with Gasteiger partial charge in [-0.05, 0) is 26.0 Å². The first-order valence-electron chi connectivity index (χ1n) is 7.04. The molecule has 116 valence electrons. The van der Waals surface area contributed by atoms with Crippen molar-refractivity contribution in [3.8, 4) is 0 Å². The Morgan fingerprint density at radius 3 is 2.67 bits per heavy atom. The fraction of sp³-hybridized carbons (Fsp3) is 0.643. The van der Waals surface area contributed by atoms with Crippen LogP contribution < -0.4 is 0 Å². The smallest absolute Gasteiger partial charge is 0.223 e. The highest BCUT2D eigenvalue weighted by molar-refractivity contribution is 5.77. The minimum atomic E-state index is -0.532. The second-order valence-electron chi connectivity index (χ2n) is 5.49. The average molecular weight is 296 g/mol. The van der Waals surface area contributed by atoms with Gasteiger partial charge in [0.1, 0.15) is 5.76 Å². The Hall–Kier alpha value is -1.89. The van der Waals surface area contributed by atoms with Gasteiger partial charge >= 0.3 is 0 Å². The third-order valence-corrected chi connectivity index (χ3v) is 3.51. The molecule has 0 aromatic carbocycles. The summed E-state index contributed by atoms with van der Waals surface area (Å²) in [6.07, 6.45) is 1.50. The molecule has 0 aliphatic carbocycles. The largest absolute Gasteiger partial charge is 0.469 e. The molecule has 1 aromatic rings. The normalized spacial score (nSPS) is 23.8. The lowest BCUT2D eigenvalue weighted by Gasteiger charge is -2.35. The predicted molar refractivity (Wildman–Crippen MR) is 74.5 cm³/mol. The van der Waals surface area contributed by atoms with E-state index in [1.54, 1.807) is 17.0 Å². The van der Waals surface area contributed by atoms with E-state index >= 15 is 0 Å². The quantitative estimate of drug-likeness (QED) is 0.609. The van der Waals surface area contributed by atoms with Crippen molar-refractivity contribution in [3.63, 3.8) is 0 Å². The summed E-state index contributed by atoms with van der Waals surface area (Å²) in [5.41, 5.74) is 0. The van der Waals surface area contributed by atoms with E-state index in [2.05, 4.69) is 0 Å². The van der Waals surface area contributed by atoms with Crippen LogP contribution in [0.1, 0.15) is 31.9 Å². The lowest BCUT2D eigenvalue weighted by molar-refractivity contribution is -0.483. The predicted octanol–water partition coefficient (Wildman–Crippen LogP) is 1.67. The summed E-state index contributed by atoms with van der Waals surface area (Å²) >= 11 is 0. The van der Waals surface area contributed by atoms with Crippen molar-refractivity contribution < 1.29 is 18.9 Å². The first-order chi connectivity index (χ1) is 9.95. The molecule has 0 spiro atoms. The van der Waals surface area contributed by atoms with Gasteiger partial charge in [-0.3, -0.25) is 14.9 Å². The van der Waals surface area contributed by atoms with E-state index in [-0.39, 0.29) is 31.1 Å². The summed E-state index contributed by atoms with van der Waals surface area (Å²) in [4.78, 5) is 24.5. The van der Waals surface area contributed by atoms with E-state index in [0.29, 0.717) is 18.8 Å². The van der Waals surface area contributed by atoms with E-state index < -0.39 is 10.8 Å². The van der Waals surface area contributed by atoms with Crippen LogP contribution >= 0.6 is 0 Å². The molecule has 21 heavy (non-hydrogen) atoms. The SMILES string of the molecule is C[C@@H]1CN(C(=O)CC(C[N+](=O)[O-])c2ccco2)C[C@@H](C)O1. The van der Waals surface area contributed by atoms with Gasteiger partial charge in [-0.15, -0.1) is 0 Å². The van der Waals surface area contributed by atoms with Crippen LogP contribution in [-0.4, -0.2) is 47.6 Å². The number of morpholine rings is 1. The number of rotatable bonds is 5. The van der Waals surface area contributed by atoms with E-state index in [4.69, 9.17) is 9.15 Å². The number of ether oxygens (including phenoxy) is 1. The first-order valence-corrected chi connectivity index (χ1v) is 7.04. The summed E-state index contributed by atoms with van der Waals surface area (Å²) in [7, 11) is 0. The lowest BCUT2D eigenvalue weighted by Crippen LogP contribution is -2.48. The number of nitrogens with zero attached hydrogens (tertiary/aromatic N) is 2. The van der Waals surface area contributed by atoms with Crippen LogP contribution in [0.15, 0.2) is 22.8 Å². The van der Waals surface area contributed by atoms with Crippen LogP contribution in [0.5, 0.6) is 0 Å². The third kappa shape index (κ3) is 4.29. The molecular weight excluding hydrogens is 276 g/mol. The molecule has 3 atom stereocenters. The summed E-state index contributed by atoms with van der Waals surface area (Å²) in [5.74, 6) is -0.148.